The van der Waals surface area contributed by atoms with Gasteiger partial charge < -0.3 is 20.1 Å². The molecule has 1 aliphatic rings. The van der Waals surface area contributed by atoms with Crippen LogP contribution in [0.1, 0.15) is 24.2 Å². The molecule has 0 saturated heterocycles. The third-order valence-electron chi connectivity index (χ3n) is 3.82. The highest BCUT2D eigenvalue weighted by Crippen LogP contribution is 2.45. The normalized spacial score (nSPS) is 21.6. The fraction of sp³-hybridized carbons (Fsp3) is 0.267. The number of rotatable bonds is 0. The number of hydrogen-bond donors (Lipinski definition) is 3. The Morgan fingerprint density at radius 2 is 1.80 bits per heavy atom. The van der Waals surface area contributed by atoms with Crippen LogP contribution in [-0.4, -0.2) is 27.2 Å². The summed E-state index contributed by atoms with van der Waals surface area (Å²) in [6.45, 7) is 3.52. The van der Waals surface area contributed by atoms with E-state index in [0.717, 1.165) is 6.07 Å². The molecule has 2 aromatic carbocycles. The van der Waals surface area contributed by atoms with E-state index in [2.05, 4.69) is 0 Å². The van der Waals surface area contributed by atoms with E-state index in [9.17, 15) is 20.1 Å². The minimum absolute atomic E-state index is 0.0871. The van der Waals surface area contributed by atoms with Crippen LogP contribution in [0, 0.1) is 5.92 Å². The van der Waals surface area contributed by atoms with Gasteiger partial charge in [0.2, 0.25) is 0 Å². The molecule has 20 heavy (non-hydrogen) atoms. The molecule has 3 N–H and O–H groups in total. The Bertz CT molecular complexity index is 735. The van der Waals surface area contributed by atoms with Crippen molar-refractivity contribution in [2.75, 3.05) is 0 Å². The number of ketones is 1. The maximum atomic E-state index is 12.3. The van der Waals surface area contributed by atoms with E-state index in [1.807, 2.05) is 0 Å². The first-order valence-corrected chi connectivity index (χ1v) is 6.32. The third kappa shape index (κ3) is 1.59. The number of benzene rings is 2. The summed E-state index contributed by atoms with van der Waals surface area (Å²) in [4.78, 5) is 12.3. The van der Waals surface area contributed by atoms with Crippen molar-refractivity contribution in [2.45, 2.75) is 20.0 Å². The van der Waals surface area contributed by atoms with Crippen LogP contribution in [-0.2, 0) is 0 Å². The first-order valence-electron chi connectivity index (χ1n) is 6.32. The Balaban J connectivity index is 2.38. The molecular weight excluding hydrogens is 260 g/mol. The Morgan fingerprint density at radius 3 is 2.50 bits per heavy atom. The monoisotopic (exact) mass is 274 g/mol. The summed E-state index contributed by atoms with van der Waals surface area (Å²) < 4.78 is 5.64. The van der Waals surface area contributed by atoms with Crippen molar-refractivity contribution in [3.8, 4) is 23.0 Å². The van der Waals surface area contributed by atoms with Gasteiger partial charge in [0.15, 0.2) is 5.78 Å². The number of ether oxygens (including phenoxy) is 1. The molecular formula is C15H14O5. The number of fused-ring (bicyclic) bond motifs is 2. The topological polar surface area (TPSA) is 87.0 Å². The zero-order chi connectivity index (χ0) is 14.6. The van der Waals surface area contributed by atoms with E-state index < -0.39 is 0 Å². The Kier molecular flexibility index (Phi) is 2.54. The van der Waals surface area contributed by atoms with E-state index in [1.54, 1.807) is 19.9 Å². The third-order valence-corrected chi connectivity index (χ3v) is 3.82. The van der Waals surface area contributed by atoms with E-state index in [4.69, 9.17) is 4.74 Å². The first-order chi connectivity index (χ1) is 9.40. The van der Waals surface area contributed by atoms with Gasteiger partial charge in [-0.25, -0.2) is 0 Å². The molecule has 0 bridgehead atoms. The molecule has 0 saturated carbocycles. The number of Topliss-reactive ketones (excluding diaryl/α,β-unsaturated/α-hetero) is 1. The Labute approximate surface area is 115 Å². The molecule has 0 fully saturated rings. The van der Waals surface area contributed by atoms with Crippen LogP contribution in [0.15, 0.2) is 18.2 Å². The molecule has 0 spiro atoms. The van der Waals surface area contributed by atoms with Gasteiger partial charge in [0, 0.05) is 6.07 Å². The van der Waals surface area contributed by atoms with Crippen LogP contribution < -0.4 is 4.74 Å². The molecule has 104 valence electrons. The van der Waals surface area contributed by atoms with Crippen LogP contribution in [0.4, 0.5) is 0 Å². The average Bonchev–Trinajstić information content (AvgIpc) is 2.34. The minimum Gasteiger partial charge on any atom is -0.508 e. The van der Waals surface area contributed by atoms with Crippen LogP contribution >= 0.6 is 0 Å². The molecule has 0 amide bonds. The molecule has 5 nitrogen and oxygen atoms in total. The van der Waals surface area contributed by atoms with Gasteiger partial charge in [-0.3, -0.25) is 4.79 Å². The van der Waals surface area contributed by atoms with Gasteiger partial charge in [-0.1, -0.05) is 6.92 Å². The van der Waals surface area contributed by atoms with Crippen molar-refractivity contribution < 1.29 is 24.9 Å². The van der Waals surface area contributed by atoms with Gasteiger partial charge in [-0.15, -0.1) is 0 Å². The molecule has 0 aliphatic carbocycles. The Hall–Kier alpha value is -2.43. The molecule has 0 radical (unpaired) electrons. The second kappa shape index (κ2) is 4.03. The van der Waals surface area contributed by atoms with Gasteiger partial charge in [0.1, 0.15) is 34.7 Å². The standard InChI is InChI=1S/C15H14O5/c1-6-7(2)20-11-4-8-3-9(16)5-10(17)12(8)15(19)13(11)14(6)18/h3-7,16-17,19H,1-2H3/t6-,7-/m0/s1. The maximum Gasteiger partial charge on any atom is 0.176 e. The molecule has 1 aliphatic heterocycles. The fourth-order valence-corrected chi connectivity index (χ4v) is 2.53. The molecule has 1 heterocycles. The number of phenolic OH excluding ortho intramolecular Hbond substituents is 3. The van der Waals surface area contributed by atoms with Crippen molar-refractivity contribution >= 4 is 16.6 Å². The molecule has 2 atom stereocenters. The SMILES string of the molecule is C[C@@H]1Oc2cc3cc(O)cc(O)c3c(O)c2C(=O)[C@H]1C. The summed E-state index contributed by atoms with van der Waals surface area (Å²) in [5.74, 6) is -1.03. The highest BCUT2D eigenvalue weighted by molar-refractivity contribution is 6.10. The second-order valence-electron chi connectivity index (χ2n) is 5.14. The molecule has 2 aromatic rings. The lowest BCUT2D eigenvalue weighted by molar-refractivity contribution is 0.0726. The fourth-order valence-electron chi connectivity index (χ4n) is 2.53. The smallest absolute Gasteiger partial charge is 0.176 e. The van der Waals surface area contributed by atoms with Crippen molar-refractivity contribution in [2.24, 2.45) is 5.92 Å². The Morgan fingerprint density at radius 1 is 1.10 bits per heavy atom. The second-order valence-corrected chi connectivity index (χ2v) is 5.14. The van der Waals surface area contributed by atoms with Gasteiger partial charge in [0.25, 0.3) is 0 Å². The lowest BCUT2D eigenvalue weighted by Gasteiger charge is -2.28. The van der Waals surface area contributed by atoms with Crippen molar-refractivity contribution in [3.63, 3.8) is 0 Å². The van der Waals surface area contributed by atoms with Crippen molar-refractivity contribution in [3.05, 3.63) is 23.8 Å². The number of carbonyl (C=O) groups excluding carboxylic acids is 1. The average molecular weight is 274 g/mol. The van der Waals surface area contributed by atoms with E-state index in [-0.39, 0.29) is 51.8 Å². The quantitative estimate of drug-likeness (QED) is 0.687. The van der Waals surface area contributed by atoms with E-state index in [0.29, 0.717) is 5.39 Å². The van der Waals surface area contributed by atoms with Gasteiger partial charge in [-0.2, -0.15) is 0 Å². The predicted molar refractivity (Wildman–Crippen MR) is 72.5 cm³/mol. The number of hydrogen-bond acceptors (Lipinski definition) is 5. The van der Waals surface area contributed by atoms with E-state index in [1.165, 1.54) is 6.07 Å². The van der Waals surface area contributed by atoms with Gasteiger partial charge in [-0.05, 0) is 24.4 Å². The van der Waals surface area contributed by atoms with E-state index >= 15 is 0 Å². The number of phenols is 3. The zero-order valence-electron chi connectivity index (χ0n) is 11.0. The summed E-state index contributed by atoms with van der Waals surface area (Å²) in [5, 5.41) is 30.2. The number of aromatic hydroxyl groups is 3. The van der Waals surface area contributed by atoms with Gasteiger partial charge >= 0.3 is 0 Å². The lowest BCUT2D eigenvalue weighted by atomic mass is 9.89. The number of carbonyl (C=O) groups is 1. The highest BCUT2D eigenvalue weighted by Gasteiger charge is 2.34. The largest absolute Gasteiger partial charge is 0.508 e. The van der Waals surface area contributed by atoms with Crippen LogP contribution in [0.25, 0.3) is 10.8 Å². The zero-order valence-corrected chi connectivity index (χ0v) is 11.0. The maximum absolute atomic E-state index is 12.3. The van der Waals surface area contributed by atoms with Crippen molar-refractivity contribution in [1.29, 1.82) is 0 Å². The molecule has 0 aromatic heterocycles. The summed E-state index contributed by atoms with van der Waals surface area (Å²) in [6.07, 6.45) is -0.294. The van der Waals surface area contributed by atoms with Crippen molar-refractivity contribution in [1.82, 2.24) is 0 Å². The summed E-state index contributed by atoms with van der Waals surface area (Å²) >= 11 is 0. The predicted octanol–water partition coefficient (Wildman–Crippen LogP) is 2.56. The summed E-state index contributed by atoms with van der Waals surface area (Å²) in [6, 6.07) is 4.06. The molecule has 3 rings (SSSR count). The summed E-state index contributed by atoms with van der Waals surface area (Å²) in [5.41, 5.74) is 0.0871. The highest BCUT2D eigenvalue weighted by atomic mass is 16.5. The summed E-state index contributed by atoms with van der Waals surface area (Å²) in [7, 11) is 0. The molecule has 0 unspecified atom stereocenters. The van der Waals surface area contributed by atoms with Gasteiger partial charge in [0.05, 0.1) is 11.3 Å². The first kappa shape index (κ1) is 12.6. The van der Waals surface area contributed by atoms with Crippen LogP contribution in [0.5, 0.6) is 23.0 Å². The lowest BCUT2D eigenvalue weighted by Crippen LogP contribution is -2.33. The van der Waals surface area contributed by atoms with Crippen LogP contribution in [0.3, 0.4) is 0 Å². The minimum atomic E-state index is -0.370. The molecule has 5 heteroatoms. The van der Waals surface area contributed by atoms with Crippen LogP contribution in [0.2, 0.25) is 0 Å².